The van der Waals surface area contributed by atoms with E-state index in [2.05, 4.69) is 10.3 Å². The van der Waals surface area contributed by atoms with Crippen molar-refractivity contribution in [2.24, 2.45) is 0 Å². The van der Waals surface area contributed by atoms with Crippen LogP contribution in [0.5, 0.6) is 0 Å². The van der Waals surface area contributed by atoms with Gasteiger partial charge in [-0.05, 0) is 19.1 Å². The highest BCUT2D eigenvalue weighted by Gasteiger charge is 2.22. The van der Waals surface area contributed by atoms with Crippen molar-refractivity contribution in [2.75, 3.05) is 5.32 Å². The van der Waals surface area contributed by atoms with Crippen molar-refractivity contribution in [2.45, 2.75) is 6.92 Å². The summed E-state index contributed by atoms with van der Waals surface area (Å²) in [7, 11) is 0. The lowest BCUT2D eigenvalue weighted by Crippen LogP contribution is -2.13. The van der Waals surface area contributed by atoms with Crippen LogP contribution in [-0.4, -0.2) is 15.8 Å². The minimum atomic E-state index is -0.636. The number of hydrogen-bond donors (Lipinski definition) is 1. The summed E-state index contributed by atoms with van der Waals surface area (Å²) < 4.78 is 0. The van der Waals surface area contributed by atoms with Gasteiger partial charge in [-0.15, -0.1) is 11.3 Å². The lowest BCUT2D eigenvalue weighted by atomic mass is 10.1. The Hall–Kier alpha value is -2.77. The number of carbonyl (C=O) groups is 1. The first kappa shape index (κ1) is 17.1. The number of rotatable bonds is 4. The molecule has 1 N–H and O–H groups in total. The van der Waals surface area contributed by atoms with Crippen LogP contribution < -0.4 is 5.32 Å². The highest BCUT2D eigenvalue weighted by molar-refractivity contribution is 7.16. The summed E-state index contributed by atoms with van der Waals surface area (Å²) in [6, 6.07) is 13.5. The van der Waals surface area contributed by atoms with E-state index in [1.165, 1.54) is 23.5 Å². The Kier molecular flexibility index (Phi) is 4.78. The number of thiazole rings is 1. The van der Waals surface area contributed by atoms with Gasteiger partial charge in [-0.25, -0.2) is 4.98 Å². The molecule has 25 heavy (non-hydrogen) atoms. The molecule has 0 saturated carbocycles. The van der Waals surface area contributed by atoms with E-state index >= 15 is 0 Å². The first-order chi connectivity index (χ1) is 12.0. The van der Waals surface area contributed by atoms with E-state index in [1.54, 1.807) is 0 Å². The van der Waals surface area contributed by atoms with Gasteiger partial charge in [0.15, 0.2) is 5.13 Å². The van der Waals surface area contributed by atoms with Crippen molar-refractivity contribution in [3.05, 3.63) is 74.1 Å². The monoisotopic (exact) mass is 373 g/mol. The number of nitro groups is 1. The van der Waals surface area contributed by atoms with Crippen LogP contribution in [0.4, 0.5) is 10.8 Å². The average molecular weight is 374 g/mol. The smallest absolute Gasteiger partial charge is 0.283 e. The van der Waals surface area contributed by atoms with Crippen LogP contribution in [0.2, 0.25) is 5.02 Å². The molecule has 0 saturated heterocycles. The van der Waals surface area contributed by atoms with E-state index < -0.39 is 10.8 Å². The maximum Gasteiger partial charge on any atom is 0.283 e. The summed E-state index contributed by atoms with van der Waals surface area (Å²) in [5.41, 5.74) is 1.30. The van der Waals surface area contributed by atoms with Crippen LogP contribution in [0.15, 0.2) is 48.5 Å². The number of nitro benzene ring substituents is 1. The SMILES string of the molecule is Cc1sc(NC(=O)c2ccc(Cl)cc2[N+](=O)[O-])nc1-c1ccccc1. The number of carbonyl (C=O) groups excluding carboxylic acids is 1. The van der Waals surface area contributed by atoms with E-state index in [-0.39, 0.29) is 16.3 Å². The van der Waals surface area contributed by atoms with Crippen molar-refractivity contribution in [1.29, 1.82) is 0 Å². The average Bonchev–Trinajstić information content (AvgIpc) is 2.95. The van der Waals surface area contributed by atoms with E-state index in [4.69, 9.17) is 11.6 Å². The first-order valence-corrected chi connectivity index (χ1v) is 8.43. The third-order valence-corrected chi connectivity index (χ3v) is 4.59. The molecule has 1 amide bonds. The van der Waals surface area contributed by atoms with Gasteiger partial charge in [-0.3, -0.25) is 20.2 Å². The number of aromatic nitrogens is 1. The third-order valence-electron chi connectivity index (χ3n) is 3.47. The number of halogens is 1. The second-order valence-corrected chi connectivity index (χ2v) is 6.80. The Bertz CT molecular complexity index is 957. The predicted molar refractivity (Wildman–Crippen MR) is 98.3 cm³/mol. The highest BCUT2D eigenvalue weighted by atomic mass is 35.5. The van der Waals surface area contributed by atoms with E-state index in [9.17, 15) is 14.9 Å². The van der Waals surface area contributed by atoms with Gasteiger partial charge in [0, 0.05) is 21.5 Å². The fourth-order valence-corrected chi connectivity index (χ4v) is 3.32. The topological polar surface area (TPSA) is 85.1 Å². The molecule has 6 nitrogen and oxygen atoms in total. The minimum Gasteiger partial charge on any atom is -0.298 e. The Morgan fingerprint density at radius 3 is 2.64 bits per heavy atom. The summed E-state index contributed by atoms with van der Waals surface area (Å²) in [6.07, 6.45) is 0. The van der Waals surface area contributed by atoms with E-state index in [0.717, 1.165) is 22.2 Å². The van der Waals surface area contributed by atoms with Crippen LogP contribution in [0.1, 0.15) is 15.2 Å². The number of amides is 1. The number of aryl methyl sites for hydroxylation is 1. The molecule has 1 aromatic heterocycles. The molecule has 0 aliphatic rings. The van der Waals surface area contributed by atoms with Gasteiger partial charge in [0.05, 0.1) is 10.6 Å². The summed E-state index contributed by atoms with van der Waals surface area (Å²) in [4.78, 5) is 28.3. The third kappa shape index (κ3) is 3.67. The van der Waals surface area contributed by atoms with Crippen molar-refractivity contribution in [1.82, 2.24) is 4.98 Å². The molecular weight excluding hydrogens is 362 g/mol. The molecule has 0 radical (unpaired) electrons. The Balaban J connectivity index is 1.89. The van der Waals surface area contributed by atoms with Gasteiger partial charge in [0.25, 0.3) is 11.6 Å². The van der Waals surface area contributed by atoms with Crippen LogP contribution >= 0.6 is 22.9 Å². The lowest BCUT2D eigenvalue weighted by Gasteiger charge is -2.03. The maximum atomic E-state index is 12.4. The molecule has 0 bridgehead atoms. The number of anilines is 1. The van der Waals surface area contributed by atoms with E-state index in [0.29, 0.717) is 5.13 Å². The molecule has 126 valence electrons. The molecular formula is C17H12ClN3O3S. The maximum absolute atomic E-state index is 12.4. The number of nitrogens with zero attached hydrogens (tertiary/aromatic N) is 2. The standard InChI is InChI=1S/C17H12ClN3O3S/c1-10-15(11-5-3-2-4-6-11)19-17(25-10)20-16(22)13-8-7-12(18)9-14(13)21(23)24/h2-9H,1H3,(H,19,20,22). The largest absolute Gasteiger partial charge is 0.298 e. The molecule has 3 aromatic rings. The molecule has 3 rings (SSSR count). The minimum absolute atomic E-state index is 0.0662. The van der Waals surface area contributed by atoms with E-state index in [1.807, 2.05) is 37.3 Å². The van der Waals surface area contributed by atoms with Gasteiger partial charge in [-0.2, -0.15) is 0 Å². The first-order valence-electron chi connectivity index (χ1n) is 7.24. The number of nitrogens with one attached hydrogen (secondary N) is 1. The van der Waals surface area contributed by atoms with Crippen LogP contribution in [-0.2, 0) is 0 Å². The molecule has 0 spiro atoms. The molecule has 2 aromatic carbocycles. The summed E-state index contributed by atoms with van der Waals surface area (Å²) in [6.45, 7) is 1.90. The molecule has 0 unspecified atom stereocenters. The predicted octanol–water partition coefficient (Wildman–Crippen LogP) is 4.93. The highest BCUT2D eigenvalue weighted by Crippen LogP contribution is 2.31. The molecule has 1 heterocycles. The summed E-state index contributed by atoms with van der Waals surface area (Å²) in [5, 5.41) is 14.3. The molecule has 0 fully saturated rings. The molecule has 0 atom stereocenters. The van der Waals surface area contributed by atoms with Crippen molar-refractivity contribution in [3.63, 3.8) is 0 Å². The number of benzene rings is 2. The lowest BCUT2D eigenvalue weighted by molar-refractivity contribution is -0.385. The Morgan fingerprint density at radius 1 is 1.24 bits per heavy atom. The van der Waals surface area contributed by atoms with Crippen LogP contribution in [0.25, 0.3) is 11.3 Å². The zero-order valence-corrected chi connectivity index (χ0v) is 14.6. The summed E-state index contributed by atoms with van der Waals surface area (Å²) in [5.74, 6) is -0.600. The fraction of sp³-hybridized carbons (Fsp3) is 0.0588. The van der Waals surface area contributed by atoms with Gasteiger partial charge in [0.1, 0.15) is 5.56 Å². The summed E-state index contributed by atoms with van der Waals surface area (Å²) >= 11 is 7.08. The second kappa shape index (κ2) is 7.00. The van der Waals surface area contributed by atoms with Crippen molar-refractivity contribution >= 4 is 39.7 Å². The quantitative estimate of drug-likeness (QED) is 0.518. The van der Waals surface area contributed by atoms with Gasteiger partial charge >= 0.3 is 0 Å². The van der Waals surface area contributed by atoms with Crippen molar-refractivity contribution in [3.8, 4) is 11.3 Å². The van der Waals surface area contributed by atoms with Crippen molar-refractivity contribution < 1.29 is 9.72 Å². The van der Waals surface area contributed by atoms with Gasteiger partial charge in [0.2, 0.25) is 0 Å². The number of hydrogen-bond acceptors (Lipinski definition) is 5. The van der Waals surface area contributed by atoms with Crippen LogP contribution in [0.3, 0.4) is 0 Å². The zero-order valence-electron chi connectivity index (χ0n) is 13.0. The van der Waals surface area contributed by atoms with Crippen LogP contribution in [0, 0.1) is 17.0 Å². The zero-order chi connectivity index (χ0) is 18.0. The second-order valence-electron chi connectivity index (χ2n) is 5.16. The Morgan fingerprint density at radius 2 is 1.96 bits per heavy atom. The normalized spacial score (nSPS) is 10.5. The van der Waals surface area contributed by atoms with Gasteiger partial charge < -0.3 is 0 Å². The molecule has 0 aliphatic heterocycles. The Labute approximate surface area is 152 Å². The molecule has 8 heteroatoms. The molecule has 0 aliphatic carbocycles. The van der Waals surface area contributed by atoms with Gasteiger partial charge in [-0.1, -0.05) is 41.9 Å². The fourth-order valence-electron chi connectivity index (χ4n) is 2.33.